The maximum atomic E-state index is 11.3. The molecule has 1 atom stereocenters. The fraction of sp³-hybridized carbons (Fsp3) is 0.700. The molecule has 1 unspecified atom stereocenters. The van der Waals surface area contributed by atoms with Gasteiger partial charge in [0.25, 0.3) is 0 Å². The zero-order valence-corrected chi connectivity index (χ0v) is 8.05. The number of terminal acetylenes is 1. The number of likely N-dealkylation sites (tertiary alicyclic amines) is 1. The van der Waals surface area contributed by atoms with Gasteiger partial charge in [-0.3, -0.25) is 4.79 Å². The number of carbonyl (C=O) groups excluding carboxylic acids is 1. The van der Waals surface area contributed by atoms with Crippen molar-refractivity contribution in [1.29, 1.82) is 0 Å². The molecule has 0 aromatic carbocycles. The summed E-state index contributed by atoms with van der Waals surface area (Å²) in [7, 11) is 0. The third-order valence-corrected chi connectivity index (χ3v) is 2.26. The molecule has 1 saturated heterocycles. The van der Waals surface area contributed by atoms with Crippen LogP contribution < -0.4 is 5.32 Å². The third-order valence-electron chi connectivity index (χ3n) is 2.26. The van der Waals surface area contributed by atoms with Crippen LogP contribution in [0.4, 0.5) is 0 Å². The van der Waals surface area contributed by atoms with Gasteiger partial charge in [-0.2, -0.15) is 0 Å². The minimum Gasteiger partial charge on any atom is -0.340 e. The molecule has 0 aromatic heterocycles. The largest absolute Gasteiger partial charge is 0.340 e. The zero-order valence-electron chi connectivity index (χ0n) is 8.05. The molecule has 0 spiro atoms. The number of nitrogens with zero attached hydrogens (tertiary/aromatic N) is 1. The van der Waals surface area contributed by atoms with Gasteiger partial charge < -0.3 is 10.2 Å². The van der Waals surface area contributed by atoms with Crippen LogP contribution in [0.5, 0.6) is 0 Å². The van der Waals surface area contributed by atoms with Crippen molar-refractivity contribution in [3.63, 3.8) is 0 Å². The van der Waals surface area contributed by atoms with Crippen LogP contribution in [0.25, 0.3) is 0 Å². The van der Waals surface area contributed by atoms with Crippen LogP contribution in [0.2, 0.25) is 0 Å². The van der Waals surface area contributed by atoms with E-state index in [1.807, 2.05) is 4.90 Å². The van der Waals surface area contributed by atoms with Gasteiger partial charge in [0.05, 0.1) is 0 Å². The molecule has 0 bridgehead atoms. The maximum absolute atomic E-state index is 11.3. The van der Waals surface area contributed by atoms with E-state index in [1.165, 1.54) is 0 Å². The first-order valence-corrected chi connectivity index (χ1v) is 4.72. The Morgan fingerprint density at radius 2 is 2.54 bits per heavy atom. The number of likely N-dealkylation sites (N-methyl/N-ethyl adjacent to an activating group) is 1. The first-order valence-electron chi connectivity index (χ1n) is 4.72. The van der Waals surface area contributed by atoms with Gasteiger partial charge in [-0.15, -0.1) is 12.3 Å². The molecular weight excluding hydrogens is 164 g/mol. The topological polar surface area (TPSA) is 32.3 Å². The van der Waals surface area contributed by atoms with Crippen molar-refractivity contribution in [2.75, 3.05) is 26.2 Å². The van der Waals surface area contributed by atoms with E-state index in [1.54, 1.807) is 0 Å². The SMILES string of the molecule is C#CC1CC(=O)N(CCNCC)C1. The van der Waals surface area contributed by atoms with Gasteiger partial charge in [-0.05, 0) is 6.54 Å². The molecule has 0 saturated carbocycles. The molecule has 1 aliphatic rings. The third kappa shape index (κ3) is 2.74. The second kappa shape index (κ2) is 4.88. The van der Waals surface area contributed by atoms with E-state index in [0.29, 0.717) is 6.42 Å². The monoisotopic (exact) mass is 180 g/mol. The highest BCUT2D eigenvalue weighted by Crippen LogP contribution is 2.15. The second-order valence-electron chi connectivity index (χ2n) is 3.26. The average Bonchev–Trinajstić information content (AvgIpc) is 2.48. The molecule has 0 aromatic rings. The number of hydrogen-bond acceptors (Lipinski definition) is 2. The molecule has 1 aliphatic heterocycles. The van der Waals surface area contributed by atoms with Crippen LogP contribution in [0.1, 0.15) is 13.3 Å². The van der Waals surface area contributed by atoms with E-state index in [4.69, 9.17) is 6.42 Å². The van der Waals surface area contributed by atoms with Crippen molar-refractivity contribution in [2.24, 2.45) is 5.92 Å². The molecule has 1 fully saturated rings. The van der Waals surface area contributed by atoms with Crippen molar-refractivity contribution in [1.82, 2.24) is 10.2 Å². The summed E-state index contributed by atoms with van der Waals surface area (Å²) in [5, 5.41) is 3.18. The molecule has 1 heterocycles. The molecule has 0 radical (unpaired) electrons. The Bertz CT molecular complexity index is 219. The molecule has 3 heteroatoms. The van der Waals surface area contributed by atoms with E-state index in [2.05, 4.69) is 18.2 Å². The van der Waals surface area contributed by atoms with Crippen molar-refractivity contribution in [3.05, 3.63) is 0 Å². The maximum Gasteiger partial charge on any atom is 0.223 e. The first kappa shape index (κ1) is 10.1. The highest BCUT2D eigenvalue weighted by atomic mass is 16.2. The van der Waals surface area contributed by atoms with Gasteiger partial charge in [0, 0.05) is 32.0 Å². The van der Waals surface area contributed by atoms with Crippen LogP contribution in [-0.4, -0.2) is 37.0 Å². The lowest BCUT2D eigenvalue weighted by atomic mass is 10.1. The van der Waals surface area contributed by atoms with Gasteiger partial charge in [0.2, 0.25) is 5.91 Å². The average molecular weight is 180 g/mol. The molecule has 1 rings (SSSR count). The number of hydrogen-bond donors (Lipinski definition) is 1. The van der Waals surface area contributed by atoms with Gasteiger partial charge >= 0.3 is 0 Å². The van der Waals surface area contributed by atoms with Gasteiger partial charge in [-0.1, -0.05) is 6.92 Å². The summed E-state index contributed by atoms with van der Waals surface area (Å²) in [6.45, 7) is 5.38. The summed E-state index contributed by atoms with van der Waals surface area (Å²) in [4.78, 5) is 13.2. The van der Waals surface area contributed by atoms with Crippen molar-refractivity contribution in [3.8, 4) is 12.3 Å². The Labute approximate surface area is 79.5 Å². The zero-order chi connectivity index (χ0) is 9.68. The minimum atomic E-state index is 0.133. The normalized spacial score (nSPS) is 22.0. The Morgan fingerprint density at radius 3 is 3.08 bits per heavy atom. The van der Waals surface area contributed by atoms with Crippen LogP contribution in [0, 0.1) is 18.3 Å². The van der Waals surface area contributed by atoms with Crippen LogP contribution in [-0.2, 0) is 4.79 Å². The summed E-state index contributed by atoms with van der Waals surface area (Å²) in [5.41, 5.74) is 0. The molecule has 72 valence electrons. The minimum absolute atomic E-state index is 0.133. The van der Waals surface area contributed by atoms with Crippen molar-refractivity contribution >= 4 is 5.91 Å². The highest BCUT2D eigenvalue weighted by Gasteiger charge is 2.27. The number of nitrogens with one attached hydrogen (secondary N) is 1. The Kier molecular flexibility index (Phi) is 3.78. The summed E-state index contributed by atoms with van der Waals surface area (Å²) < 4.78 is 0. The van der Waals surface area contributed by atoms with Gasteiger partial charge in [0.1, 0.15) is 0 Å². The number of amides is 1. The smallest absolute Gasteiger partial charge is 0.223 e. The lowest BCUT2D eigenvalue weighted by Gasteiger charge is -2.15. The van der Waals surface area contributed by atoms with E-state index < -0.39 is 0 Å². The van der Waals surface area contributed by atoms with Crippen LogP contribution >= 0.6 is 0 Å². The molecular formula is C10H16N2O. The van der Waals surface area contributed by atoms with E-state index >= 15 is 0 Å². The summed E-state index contributed by atoms with van der Waals surface area (Å²) in [6, 6.07) is 0. The van der Waals surface area contributed by atoms with E-state index in [9.17, 15) is 4.79 Å². The summed E-state index contributed by atoms with van der Waals surface area (Å²) in [5.74, 6) is 2.96. The van der Waals surface area contributed by atoms with Crippen LogP contribution in [0.3, 0.4) is 0 Å². The second-order valence-corrected chi connectivity index (χ2v) is 3.26. The molecule has 0 aliphatic carbocycles. The van der Waals surface area contributed by atoms with E-state index in [0.717, 1.165) is 26.2 Å². The van der Waals surface area contributed by atoms with Crippen molar-refractivity contribution in [2.45, 2.75) is 13.3 Å². The number of carbonyl (C=O) groups is 1. The molecule has 1 N–H and O–H groups in total. The first-order chi connectivity index (χ1) is 6.27. The van der Waals surface area contributed by atoms with Gasteiger partial charge in [0.15, 0.2) is 0 Å². The predicted molar refractivity (Wildman–Crippen MR) is 52.1 cm³/mol. The fourth-order valence-corrected chi connectivity index (χ4v) is 1.49. The lowest BCUT2D eigenvalue weighted by molar-refractivity contribution is -0.127. The quantitative estimate of drug-likeness (QED) is 0.491. The fourth-order valence-electron chi connectivity index (χ4n) is 1.49. The highest BCUT2D eigenvalue weighted by molar-refractivity contribution is 5.79. The van der Waals surface area contributed by atoms with Crippen molar-refractivity contribution < 1.29 is 4.79 Å². The van der Waals surface area contributed by atoms with E-state index in [-0.39, 0.29) is 11.8 Å². The van der Waals surface area contributed by atoms with Crippen LogP contribution in [0.15, 0.2) is 0 Å². The summed E-state index contributed by atoms with van der Waals surface area (Å²) in [6.07, 6.45) is 5.80. The predicted octanol–water partition coefficient (Wildman–Crippen LogP) is 0.0776. The lowest BCUT2D eigenvalue weighted by Crippen LogP contribution is -2.33. The summed E-state index contributed by atoms with van der Waals surface area (Å²) >= 11 is 0. The standard InChI is InChI=1S/C10H16N2O/c1-3-9-7-10(13)12(8-9)6-5-11-4-2/h1,9,11H,4-8H2,2H3. The Morgan fingerprint density at radius 1 is 1.77 bits per heavy atom. The van der Waals surface area contributed by atoms with Gasteiger partial charge in [-0.25, -0.2) is 0 Å². The number of rotatable bonds is 4. The Balaban J connectivity index is 2.28. The molecule has 13 heavy (non-hydrogen) atoms. The molecule has 3 nitrogen and oxygen atoms in total. The Hall–Kier alpha value is -1.01. The molecule has 1 amide bonds.